The Labute approximate surface area is 42.2 Å². The van der Waals surface area contributed by atoms with Gasteiger partial charge in [-0.3, -0.25) is 0 Å². The van der Waals surface area contributed by atoms with Gasteiger partial charge < -0.3 is 14.2 Å². The Hall–Kier alpha value is 0.0300. The molecule has 0 bridgehead atoms. The average Bonchev–Trinajstić information content (AvgIpc) is 1.30. The van der Waals surface area contributed by atoms with Crippen molar-refractivity contribution in [2.24, 2.45) is 0 Å². The number of thiol groups is 1. The Morgan fingerprint density at radius 2 is 1.86 bits per heavy atom. The van der Waals surface area contributed by atoms with E-state index in [4.69, 9.17) is 14.2 Å². The maximum atomic E-state index is 9.77. The molecular formula is C2H8O4S. The topological polar surface area (TPSA) is 77.8 Å². The minimum atomic E-state index is -3.92. The van der Waals surface area contributed by atoms with Crippen molar-refractivity contribution in [2.75, 3.05) is 12.4 Å². The Morgan fingerprint density at radius 1 is 1.43 bits per heavy atom. The number of hydrogen-bond donors (Lipinski definition) is 4. The van der Waals surface area contributed by atoms with Crippen molar-refractivity contribution in [3.05, 3.63) is 0 Å². The molecule has 0 atom stereocenters. The molecule has 0 radical (unpaired) electrons. The molecule has 0 aromatic heterocycles. The summed E-state index contributed by atoms with van der Waals surface area (Å²) in [7, 11) is -3.92. The fraction of sp³-hybridized carbons (Fsp3) is 1.00. The highest BCUT2D eigenvalue weighted by Crippen LogP contribution is 1.86. The second-order valence-corrected chi connectivity index (χ2v) is 2.89. The van der Waals surface area contributed by atoms with Crippen LogP contribution < -0.4 is 0 Å². The van der Waals surface area contributed by atoms with Crippen LogP contribution in [0.3, 0.4) is 0 Å². The van der Waals surface area contributed by atoms with Gasteiger partial charge in [0.1, 0.15) is 0 Å². The summed E-state index contributed by atoms with van der Waals surface area (Å²) in [5.41, 5.74) is 0. The zero-order valence-corrected chi connectivity index (χ0v) is 4.51. The van der Waals surface area contributed by atoms with Gasteiger partial charge in [0.25, 0.3) is 0 Å². The van der Waals surface area contributed by atoms with Gasteiger partial charge >= 0.3 is 0 Å². The summed E-state index contributed by atoms with van der Waals surface area (Å²) < 4.78 is 25.7. The molecule has 4 nitrogen and oxygen atoms in total. The van der Waals surface area contributed by atoms with Gasteiger partial charge in [-0.05, 0) is 0 Å². The first kappa shape index (κ1) is 7.03. The highest BCUT2D eigenvalue weighted by atomic mass is 32.3. The summed E-state index contributed by atoms with van der Waals surface area (Å²) in [6, 6.07) is 0. The van der Waals surface area contributed by atoms with Crippen LogP contribution in [0.4, 0.5) is 0 Å². The van der Waals surface area contributed by atoms with Gasteiger partial charge in [0.2, 0.25) is 0 Å². The van der Waals surface area contributed by atoms with Crippen LogP contribution in [-0.4, -0.2) is 30.8 Å². The number of hydrogen-bond acceptors (Lipinski definition) is 2. The lowest BCUT2D eigenvalue weighted by Gasteiger charge is -2.04. The van der Waals surface area contributed by atoms with Crippen molar-refractivity contribution < 1.29 is 18.4 Å². The van der Waals surface area contributed by atoms with E-state index in [1.807, 2.05) is 0 Å². The van der Waals surface area contributed by atoms with E-state index in [-0.39, 0.29) is 0 Å². The lowest BCUT2D eigenvalue weighted by molar-refractivity contribution is 0.309. The third-order valence-electron chi connectivity index (χ3n) is 0.391. The zero-order valence-electron chi connectivity index (χ0n) is 3.61. The summed E-state index contributed by atoms with van der Waals surface area (Å²) in [6.45, 7) is -0.454. The van der Waals surface area contributed by atoms with E-state index in [1.54, 1.807) is 0 Å². The molecule has 0 aliphatic carbocycles. The largest absolute Gasteiger partial charge is 0.395 e. The number of rotatable bonds is 2. The summed E-state index contributed by atoms with van der Waals surface area (Å²) in [4.78, 5) is 0. The normalized spacial score (nSPS) is 14.1. The second kappa shape index (κ2) is 2.37. The molecule has 0 saturated heterocycles. The quantitative estimate of drug-likeness (QED) is 0.357. The summed E-state index contributed by atoms with van der Waals surface area (Å²) in [6.07, 6.45) is 0. The zero-order chi connectivity index (χ0) is 5.91. The van der Waals surface area contributed by atoms with Crippen molar-refractivity contribution in [1.82, 2.24) is 0 Å². The molecule has 0 heterocycles. The van der Waals surface area contributed by atoms with Gasteiger partial charge in [0.05, 0.1) is 22.9 Å². The smallest absolute Gasteiger partial charge is 0.0755 e. The lowest BCUT2D eigenvalue weighted by atomic mass is 10.9. The van der Waals surface area contributed by atoms with E-state index >= 15 is 0 Å². The molecule has 0 rings (SSSR count). The minimum Gasteiger partial charge on any atom is -0.395 e. The molecule has 3 N–H and O–H groups in total. The van der Waals surface area contributed by atoms with Crippen molar-refractivity contribution in [1.29, 1.82) is 0 Å². The SMILES string of the molecule is O=[SH](O)(O)CCO. The van der Waals surface area contributed by atoms with Gasteiger partial charge in [-0.1, -0.05) is 0 Å². The molecule has 0 spiro atoms. The average molecular weight is 128 g/mol. The van der Waals surface area contributed by atoms with E-state index in [2.05, 4.69) is 0 Å². The minimum absolute atomic E-state index is 0.438. The Morgan fingerprint density at radius 3 is 1.86 bits per heavy atom. The van der Waals surface area contributed by atoms with Crippen LogP contribution in [0.1, 0.15) is 0 Å². The number of aliphatic hydroxyl groups is 1. The van der Waals surface area contributed by atoms with Crippen molar-refractivity contribution in [3.8, 4) is 0 Å². The van der Waals surface area contributed by atoms with Gasteiger partial charge in [0.15, 0.2) is 0 Å². The molecule has 0 aliphatic heterocycles. The predicted octanol–water partition coefficient (Wildman–Crippen LogP) is -1.06. The Balaban J connectivity index is 3.36. The first-order valence-corrected chi connectivity index (χ1v) is 3.51. The molecule has 0 amide bonds. The van der Waals surface area contributed by atoms with Crippen LogP contribution in [0.5, 0.6) is 0 Å². The van der Waals surface area contributed by atoms with Gasteiger partial charge in [-0.15, -0.1) is 0 Å². The fourth-order valence-corrected chi connectivity index (χ4v) is 0.391. The lowest BCUT2D eigenvalue weighted by Crippen LogP contribution is -2.15. The van der Waals surface area contributed by atoms with Crippen LogP contribution >= 0.6 is 0 Å². The molecule has 7 heavy (non-hydrogen) atoms. The van der Waals surface area contributed by atoms with E-state index in [0.29, 0.717) is 0 Å². The molecule has 0 aromatic rings. The van der Waals surface area contributed by atoms with Crippen LogP contribution in [0.25, 0.3) is 0 Å². The molecule has 0 aliphatic rings. The van der Waals surface area contributed by atoms with E-state index in [0.717, 1.165) is 0 Å². The monoisotopic (exact) mass is 128 g/mol. The van der Waals surface area contributed by atoms with Crippen molar-refractivity contribution in [3.63, 3.8) is 0 Å². The molecule has 46 valence electrons. The summed E-state index contributed by atoms with van der Waals surface area (Å²) in [5.74, 6) is -0.438. The van der Waals surface area contributed by atoms with Crippen LogP contribution in [-0.2, 0) is 10.5 Å². The van der Waals surface area contributed by atoms with E-state index in [9.17, 15) is 4.21 Å². The van der Waals surface area contributed by atoms with Gasteiger partial charge in [-0.2, -0.15) is 0 Å². The van der Waals surface area contributed by atoms with Crippen molar-refractivity contribution >= 4 is 10.5 Å². The Kier molecular flexibility index (Phi) is 2.38. The highest BCUT2D eigenvalue weighted by molar-refractivity contribution is 7.92. The summed E-state index contributed by atoms with van der Waals surface area (Å²) in [5, 5.41) is 7.91. The molecule has 5 heteroatoms. The van der Waals surface area contributed by atoms with Crippen LogP contribution in [0, 0.1) is 0 Å². The molecule has 0 aromatic carbocycles. The molecule has 0 unspecified atom stereocenters. The molecule has 0 saturated carbocycles. The maximum Gasteiger partial charge on any atom is 0.0755 e. The fourth-order valence-electron chi connectivity index (χ4n) is 0.130. The predicted molar refractivity (Wildman–Crippen MR) is 26.7 cm³/mol. The van der Waals surface area contributed by atoms with Crippen LogP contribution in [0.2, 0.25) is 0 Å². The standard InChI is InChI=1S/C2H8O4S/c3-1-2-7(4,5)6/h3,7H,1-2H2,(H2,4,5,6). The van der Waals surface area contributed by atoms with Crippen molar-refractivity contribution in [2.45, 2.75) is 0 Å². The van der Waals surface area contributed by atoms with E-state index < -0.39 is 22.9 Å². The second-order valence-electron chi connectivity index (χ2n) is 1.11. The first-order chi connectivity index (χ1) is 3.06. The maximum absolute atomic E-state index is 9.77. The van der Waals surface area contributed by atoms with E-state index in [1.165, 1.54) is 0 Å². The summed E-state index contributed by atoms with van der Waals surface area (Å²) >= 11 is 0. The highest BCUT2D eigenvalue weighted by Gasteiger charge is 1.98. The molecule has 0 fully saturated rings. The Bertz CT molecular complexity index is 83.7. The third-order valence-corrected chi connectivity index (χ3v) is 1.17. The van der Waals surface area contributed by atoms with Gasteiger partial charge in [0, 0.05) is 0 Å². The number of aliphatic hydroxyl groups excluding tert-OH is 1. The van der Waals surface area contributed by atoms with Crippen LogP contribution in [0.15, 0.2) is 0 Å². The first-order valence-electron chi connectivity index (χ1n) is 1.72. The molecular weight excluding hydrogens is 120 g/mol. The third kappa shape index (κ3) is 6.03. The van der Waals surface area contributed by atoms with Gasteiger partial charge in [-0.25, -0.2) is 4.21 Å².